The quantitative estimate of drug-likeness (QED) is 0.930. The summed E-state index contributed by atoms with van der Waals surface area (Å²) in [7, 11) is 6.49. The van der Waals surface area contributed by atoms with E-state index >= 15 is 0 Å². The van der Waals surface area contributed by atoms with Crippen molar-refractivity contribution < 1.29 is 0 Å². The van der Waals surface area contributed by atoms with Crippen molar-refractivity contribution in [2.75, 3.05) is 40.8 Å². The Morgan fingerprint density at radius 2 is 2.05 bits per heavy atom. The third-order valence-electron chi connectivity index (χ3n) is 4.61. The van der Waals surface area contributed by atoms with Crippen molar-refractivity contribution in [3.63, 3.8) is 0 Å². The Hall–Kier alpha value is -1.49. The van der Waals surface area contributed by atoms with Crippen molar-refractivity contribution in [3.8, 4) is 0 Å². The van der Waals surface area contributed by atoms with Crippen LogP contribution in [-0.2, 0) is 0 Å². The second-order valence-electron chi connectivity index (χ2n) is 5.99. The van der Waals surface area contributed by atoms with E-state index in [0.29, 0.717) is 12.1 Å². The first kappa shape index (κ1) is 14.4. The molecule has 1 aliphatic heterocycles. The third kappa shape index (κ3) is 2.79. The van der Waals surface area contributed by atoms with Gasteiger partial charge in [0.25, 0.3) is 0 Å². The Bertz CT molecular complexity index is 607. The SMILES string of the molecule is CNC(c1cccc2ncccc12)C1CN(C)CCN1C. The summed E-state index contributed by atoms with van der Waals surface area (Å²) in [5.41, 5.74) is 2.41. The average Bonchev–Trinajstić information content (AvgIpc) is 2.51. The monoisotopic (exact) mass is 284 g/mol. The second-order valence-corrected chi connectivity index (χ2v) is 5.99. The smallest absolute Gasteiger partial charge is 0.0705 e. The first-order valence-electron chi connectivity index (χ1n) is 7.60. The van der Waals surface area contributed by atoms with Gasteiger partial charge in [0.2, 0.25) is 0 Å². The predicted molar refractivity (Wildman–Crippen MR) is 87.5 cm³/mol. The molecule has 2 heterocycles. The molecule has 112 valence electrons. The van der Waals surface area contributed by atoms with Gasteiger partial charge >= 0.3 is 0 Å². The number of piperazine rings is 1. The Labute approximate surface area is 126 Å². The molecule has 3 rings (SSSR count). The van der Waals surface area contributed by atoms with E-state index in [0.717, 1.165) is 25.2 Å². The van der Waals surface area contributed by atoms with Gasteiger partial charge in [-0.05, 0) is 38.8 Å². The molecular weight excluding hydrogens is 260 g/mol. The van der Waals surface area contributed by atoms with Crippen molar-refractivity contribution in [2.45, 2.75) is 12.1 Å². The van der Waals surface area contributed by atoms with Crippen molar-refractivity contribution in [1.29, 1.82) is 0 Å². The summed E-state index contributed by atoms with van der Waals surface area (Å²) in [5.74, 6) is 0. The van der Waals surface area contributed by atoms with E-state index in [1.54, 1.807) is 0 Å². The van der Waals surface area contributed by atoms with Gasteiger partial charge in [0.05, 0.1) is 5.52 Å². The summed E-state index contributed by atoms with van der Waals surface area (Å²) in [6, 6.07) is 11.4. The molecule has 0 spiro atoms. The van der Waals surface area contributed by atoms with Crippen LogP contribution in [0.1, 0.15) is 11.6 Å². The highest BCUT2D eigenvalue weighted by Crippen LogP contribution is 2.28. The lowest BCUT2D eigenvalue weighted by molar-refractivity contribution is 0.0900. The van der Waals surface area contributed by atoms with Crippen LogP contribution in [0.5, 0.6) is 0 Å². The van der Waals surface area contributed by atoms with E-state index in [1.165, 1.54) is 10.9 Å². The van der Waals surface area contributed by atoms with Crippen LogP contribution >= 0.6 is 0 Å². The number of hydrogen-bond acceptors (Lipinski definition) is 4. The van der Waals surface area contributed by atoms with Crippen LogP contribution in [0.25, 0.3) is 10.9 Å². The average molecular weight is 284 g/mol. The van der Waals surface area contributed by atoms with Crippen molar-refractivity contribution in [1.82, 2.24) is 20.1 Å². The number of aromatic nitrogens is 1. The number of hydrogen-bond donors (Lipinski definition) is 1. The molecule has 1 aromatic carbocycles. The zero-order chi connectivity index (χ0) is 14.8. The molecule has 0 bridgehead atoms. The summed E-state index contributed by atoms with van der Waals surface area (Å²) >= 11 is 0. The Balaban J connectivity index is 2.01. The van der Waals surface area contributed by atoms with E-state index < -0.39 is 0 Å². The van der Waals surface area contributed by atoms with E-state index in [9.17, 15) is 0 Å². The highest BCUT2D eigenvalue weighted by atomic mass is 15.3. The standard InChI is InChI=1S/C17H24N4/c1-18-17(16-12-20(2)10-11-21(16)3)14-6-4-8-15-13(14)7-5-9-19-15/h4-9,16-18H,10-12H2,1-3H3. The number of pyridine rings is 1. The van der Waals surface area contributed by atoms with Gasteiger partial charge in [0, 0.05) is 43.3 Å². The Morgan fingerprint density at radius 1 is 1.19 bits per heavy atom. The van der Waals surface area contributed by atoms with E-state index in [1.807, 2.05) is 12.3 Å². The molecule has 2 unspecified atom stereocenters. The van der Waals surface area contributed by atoms with Crippen LogP contribution in [0.4, 0.5) is 0 Å². The minimum atomic E-state index is 0.311. The molecule has 4 nitrogen and oxygen atoms in total. The van der Waals surface area contributed by atoms with Gasteiger partial charge in [-0.15, -0.1) is 0 Å². The van der Waals surface area contributed by atoms with Crippen molar-refractivity contribution in [2.24, 2.45) is 0 Å². The van der Waals surface area contributed by atoms with Crippen LogP contribution in [0.15, 0.2) is 36.5 Å². The zero-order valence-electron chi connectivity index (χ0n) is 13.1. The Kier molecular flexibility index (Phi) is 4.19. The summed E-state index contributed by atoms with van der Waals surface area (Å²) in [4.78, 5) is 9.37. The van der Waals surface area contributed by atoms with E-state index in [-0.39, 0.29) is 0 Å². The zero-order valence-corrected chi connectivity index (χ0v) is 13.1. The molecule has 0 aliphatic carbocycles. The Morgan fingerprint density at radius 3 is 2.86 bits per heavy atom. The predicted octanol–water partition coefficient (Wildman–Crippen LogP) is 1.74. The number of nitrogens with one attached hydrogen (secondary N) is 1. The van der Waals surface area contributed by atoms with Crippen molar-refractivity contribution >= 4 is 10.9 Å². The van der Waals surface area contributed by atoms with Gasteiger partial charge in [0.1, 0.15) is 0 Å². The fraction of sp³-hybridized carbons (Fsp3) is 0.471. The molecule has 2 atom stereocenters. The molecule has 0 radical (unpaired) electrons. The fourth-order valence-electron chi connectivity index (χ4n) is 3.36. The third-order valence-corrected chi connectivity index (χ3v) is 4.61. The second kappa shape index (κ2) is 6.10. The number of rotatable bonds is 3. The molecule has 1 aromatic heterocycles. The van der Waals surface area contributed by atoms with Crippen molar-refractivity contribution in [3.05, 3.63) is 42.1 Å². The molecule has 1 saturated heterocycles. The summed E-state index contributed by atoms with van der Waals surface area (Å²) in [6.45, 7) is 3.33. The van der Waals surface area contributed by atoms with Gasteiger partial charge in [-0.1, -0.05) is 18.2 Å². The molecular formula is C17H24N4. The fourth-order valence-corrected chi connectivity index (χ4v) is 3.36. The first-order valence-corrected chi connectivity index (χ1v) is 7.60. The summed E-state index contributed by atoms with van der Waals surface area (Å²) in [6.07, 6.45) is 1.86. The lowest BCUT2D eigenvalue weighted by Gasteiger charge is -2.42. The summed E-state index contributed by atoms with van der Waals surface area (Å²) < 4.78 is 0. The molecule has 0 amide bonds. The molecule has 4 heteroatoms. The van der Waals surface area contributed by atoms with Crippen LogP contribution < -0.4 is 5.32 Å². The summed E-state index contributed by atoms with van der Waals surface area (Å²) in [5, 5.41) is 4.79. The number of nitrogens with zero attached hydrogens (tertiary/aromatic N) is 3. The molecule has 1 aliphatic rings. The van der Waals surface area contributed by atoms with E-state index in [2.05, 4.69) is 65.5 Å². The van der Waals surface area contributed by atoms with Gasteiger partial charge in [0.15, 0.2) is 0 Å². The van der Waals surface area contributed by atoms with Gasteiger partial charge in [-0.2, -0.15) is 0 Å². The maximum Gasteiger partial charge on any atom is 0.0705 e. The largest absolute Gasteiger partial charge is 0.312 e. The minimum Gasteiger partial charge on any atom is -0.312 e. The molecule has 21 heavy (non-hydrogen) atoms. The first-order chi connectivity index (χ1) is 10.2. The highest BCUT2D eigenvalue weighted by molar-refractivity contribution is 5.82. The minimum absolute atomic E-state index is 0.311. The highest BCUT2D eigenvalue weighted by Gasteiger charge is 2.30. The number of fused-ring (bicyclic) bond motifs is 1. The topological polar surface area (TPSA) is 31.4 Å². The molecule has 1 fully saturated rings. The van der Waals surface area contributed by atoms with Crippen LogP contribution in [0.3, 0.4) is 0 Å². The molecule has 2 aromatic rings. The van der Waals surface area contributed by atoms with Gasteiger partial charge < -0.3 is 10.2 Å². The van der Waals surface area contributed by atoms with Crippen LogP contribution in [-0.4, -0.2) is 61.6 Å². The normalized spacial score (nSPS) is 22.5. The lowest BCUT2D eigenvalue weighted by Crippen LogP contribution is -2.54. The van der Waals surface area contributed by atoms with Gasteiger partial charge in [-0.25, -0.2) is 0 Å². The number of likely N-dealkylation sites (N-methyl/N-ethyl adjacent to an activating group) is 3. The van der Waals surface area contributed by atoms with Crippen LogP contribution in [0.2, 0.25) is 0 Å². The van der Waals surface area contributed by atoms with Crippen LogP contribution in [0, 0.1) is 0 Å². The molecule has 1 N–H and O–H groups in total. The molecule has 0 saturated carbocycles. The van der Waals surface area contributed by atoms with Gasteiger partial charge in [-0.3, -0.25) is 9.88 Å². The maximum absolute atomic E-state index is 4.49. The van der Waals surface area contributed by atoms with E-state index in [4.69, 9.17) is 0 Å². The number of benzene rings is 1. The maximum atomic E-state index is 4.49. The lowest BCUT2D eigenvalue weighted by atomic mass is 9.93.